The molecule has 2 aromatic rings. The Balaban J connectivity index is 2.05. The van der Waals surface area contributed by atoms with Gasteiger partial charge in [-0.05, 0) is 17.3 Å². The van der Waals surface area contributed by atoms with Gasteiger partial charge in [0.15, 0.2) is 5.75 Å². The molecule has 3 rings (SSSR count). The van der Waals surface area contributed by atoms with Gasteiger partial charge >= 0.3 is 0 Å². The summed E-state index contributed by atoms with van der Waals surface area (Å²) in [6, 6.07) is 5.83. The number of ether oxygens (including phenoxy) is 1. The number of nitrogens with zero attached hydrogens (tertiary/aromatic N) is 3. The zero-order valence-corrected chi connectivity index (χ0v) is 10.3. The number of anilines is 2. The zero-order chi connectivity index (χ0) is 12.5. The van der Waals surface area contributed by atoms with Gasteiger partial charge in [0, 0.05) is 20.6 Å². The quantitative estimate of drug-likeness (QED) is 0.868. The minimum Gasteiger partial charge on any atom is -0.489 e. The zero-order valence-electron chi connectivity index (χ0n) is 10.3. The van der Waals surface area contributed by atoms with Crippen LogP contribution in [0.5, 0.6) is 5.75 Å². The van der Waals surface area contributed by atoms with Crippen molar-refractivity contribution in [2.45, 2.75) is 0 Å². The van der Waals surface area contributed by atoms with Crippen molar-refractivity contribution in [3.63, 3.8) is 0 Å². The molecule has 0 fully saturated rings. The number of nitrogens with one attached hydrogen (secondary N) is 1. The standard InChI is InChI=1S/C12H14N4O2/c1-16(2)12-14-11(18-15-12)8-4-3-5-9-10(8)17-7-6-13-9/h3-5,13H,6-7H2,1-2H3. The van der Waals surface area contributed by atoms with Crippen LogP contribution in [0.3, 0.4) is 0 Å². The second-order valence-corrected chi connectivity index (χ2v) is 4.25. The minimum absolute atomic E-state index is 0.472. The van der Waals surface area contributed by atoms with Crippen LogP contribution in [0.2, 0.25) is 0 Å². The third kappa shape index (κ3) is 1.75. The molecule has 1 aliphatic rings. The van der Waals surface area contributed by atoms with Gasteiger partial charge in [-0.1, -0.05) is 6.07 Å². The van der Waals surface area contributed by atoms with Gasteiger partial charge in [0.2, 0.25) is 0 Å². The number of para-hydroxylation sites is 1. The lowest BCUT2D eigenvalue weighted by atomic mass is 10.1. The van der Waals surface area contributed by atoms with Crippen molar-refractivity contribution in [2.75, 3.05) is 37.5 Å². The van der Waals surface area contributed by atoms with Crippen LogP contribution in [0.15, 0.2) is 22.7 Å². The van der Waals surface area contributed by atoms with Crippen molar-refractivity contribution in [1.82, 2.24) is 10.1 Å². The van der Waals surface area contributed by atoms with E-state index in [1.165, 1.54) is 0 Å². The molecule has 0 bridgehead atoms. The van der Waals surface area contributed by atoms with Crippen LogP contribution in [0.4, 0.5) is 11.6 Å². The van der Waals surface area contributed by atoms with E-state index in [0.717, 1.165) is 23.5 Å². The van der Waals surface area contributed by atoms with Crippen LogP contribution in [0, 0.1) is 0 Å². The van der Waals surface area contributed by atoms with E-state index >= 15 is 0 Å². The summed E-state index contributed by atoms with van der Waals surface area (Å²) < 4.78 is 10.9. The Morgan fingerprint density at radius 3 is 3.00 bits per heavy atom. The van der Waals surface area contributed by atoms with E-state index in [0.29, 0.717) is 18.4 Å². The molecule has 0 radical (unpaired) electrons. The Hall–Kier alpha value is -2.24. The molecular weight excluding hydrogens is 232 g/mol. The molecule has 0 atom stereocenters. The predicted octanol–water partition coefficient (Wildman–Crippen LogP) is 1.61. The summed E-state index contributed by atoms with van der Waals surface area (Å²) in [5.41, 5.74) is 1.78. The highest BCUT2D eigenvalue weighted by atomic mass is 16.5. The summed E-state index contributed by atoms with van der Waals surface area (Å²) in [5, 5.41) is 7.18. The van der Waals surface area contributed by atoms with E-state index in [1.54, 1.807) is 4.90 Å². The Bertz CT molecular complexity index is 565. The average Bonchev–Trinajstić information content (AvgIpc) is 2.87. The molecule has 0 saturated carbocycles. The van der Waals surface area contributed by atoms with Crippen molar-refractivity contribution in [3.05, 3.63) is 18.2 Å². The van der Waals surface area contributed by atoms with Gasteiger partial charge in [-0.3, -0.25) is 0 Å². The second-order valence-electron chi connectivity index (χ2n) is 4.25. The van der Waals surface area contributed by atoms with E-state index in [1.807, 2.05) is 32.3 Å². The largest absolute Gasteiger partial charge is 0.489 e. The van der Waals surface area contributed by atoms with Crippen LogP contribution in [0.25, 0.3) is 11.5 Å². The Kier molecular flexibility index (Phi) is 2.55. The first-order chi connectivity index (χ1) is 8.75. The van der Waals surface area contributed by atoms with Gasteiger partial charge in [0.05, 0.1) is 11.3 Å². The number of hydrogen-bond acceptors (Lipinski definition) is 6. The normalized spacial score (nSPS) is 13.4. The van der Waals surface area contributed by atoms with Crippen LogP contribution >= 0.6 is 0 Å². The lowest BCUT2D eigenvalue weighted by Crippen LogP contribution is -2.18. The number of rotatable bonds is 2. The third-order valence-corrected chi connectivity index (χ3v) is 2.72. The fourth-order valence-corrected chi connectivity index (χ4v) is 1.85. The minimum atomic E-state index is 0.472. The summed E-state index contributed by atoms with van der Waals surface area (Å²) >= 11 is 0. The summed E-state index contributed by atoms with van der Waals surface area (Å²) in [6.45, 7) is 1.45. The lowest BCUT2D eigenvalue weighted by Gasteiger charge is -2.20. The topological polar surface area (TPSA) is 63.4 Å². The summed E-state index contributed by atoms with van der Waals surface area (Å²) in [5.74, 6) is 1.79. The first-order valence-corrected chi connectivity index (χ1v) is 5.77. The SMILES string of the molecule is CN(C)c1noc(-c2cccc3c2OCCN3)n1. The maximum absolute atomic E-state index is 5.67. The highest BCUT2D eigenvalue weighted by Crippen LogP contribution is 2.37. The van der Waals surface area contributed by atoms with Gasteiger partial charge in [-0.2, -0.15) is 4.98 Å². The van der Waals surface area contributed by atoms with Crippen molar-refractivity contribution in [3.8, 4) is 17.2 Å². The molecule has 0 spiro atoms. The molecule has 6 nitrogen and oxygen atoms in total. The second kappa shape index (κ2) is 4.21. The maximum Gasteiger partial charge on any atom is 0.265 e. The highest BCUT2D eigenvalue weighted by molar-refractivity contribution is 5.74. The molecular formula is C12H14N4O2. The van der Waals surface area contributed by atoms with Gasteiger partial charge < -0.3 is 19.5 Å². The van der Waals surface area contributed by atoms with E-state index in [-0.39, 0.29) is 0 Å². The molecule has 0 aliphatic carbocycles. The number of aromatic nitrogens is 2. The molecule has 1 aromatic carbocycles. The molecule has 0 amide bonds. The third-order valence-electron chi connectivity index (χ3n) is 2.72. The van der Waals surface area contributed by atoms with Crippen LogP contribution in [0.1, 0.15) is 0 Å². The number of benzene rings is 1. The fraction of sp³-hybridized carbons (Fsp3) is 0.333. The lowest BCUT2D eigenvalue weighted by molar-refractivity contribution is 0.322. The monoisotopic (exact) mass is 246 g/mol. The summed E-state index contributed by atoms with van der Waals surface area (Å²) in [6.07, 6.45) is 0. The van der Waals surface area contributed by atoms with Crippen molar-refractivity contribution < 1.29 is 9.26 Å². The van der Waals surface area contributed by atoms with Gasteiger partial charge in [0.25, 0.3) is 11.8 Å². The number of fused-ring (bicyclic) bond motifs is 1. The van der Waals surface area contributed by atoms with E-state index in [9.17, 15) is 0 Å². The van der Waals surface area contributed by atoms with Crippen LogP contribution in [-0.2, 0) is 0 Å². The van der Waals surface area contributed by atoms with E-state index < -0.39 is 0 Å². The summed E-state index contributed by atoms with van der Waals surface area (Å²) in [4.78, 5) is 6.12. The molecule has 0 unspecified atom stereocenters. The molecule has 6 heteroatoms. The van der Waals surface area contributed by atoms with Crippen molar-refractivity contribution in [1.29, 1.82) is 0 Å². The van der Waals surface area contributed by atoms with E-state index in [4.69, 9.17) is 9.26 Å². The summed E-state index contributed by atoms with van der Waals surface area (Å²) in [7, 11) is 3.74. The first kappa shape index (κ1) is 10.9. The highest BCUT2D eigenvalue weighted by Gasteiger charge is 2.19. The molecule has 1 aliphatic heterocycles. The van der Waals surface area contributed by atoms with Gasteiger partial charge in [-0.15, -0.1) is 0 Å². The predicted molar refractivity (Wildman–Crippen MR) is 68.0 cm³/mol. The average molecular weight is 246 g/mol. The molecule has 1 N–H and O–H groups in total. The van der Waals surface area contributed by atoms with Crippen molar-refractivity contribution in [2.24, 2.45) is 0 Å². The molecule has 18 heavy (non-hydrogen) atoms. The molecule has 94 valence electrons. The Morgan fingerprint density at radius 1 is 1.33 bits per heavy atom. The smallest absolute Gasteiger partial charge is 0.265 e. The van der Waals surface area contributed by atoms with Crippen LogP contribution < -0.4 is 15.0 Å². The molecule has 0 saturated heterocycles. The number of hydrogen-bond donors (Lipinski definition) is 1. The first-order valence-electron chi connectivity index (χ1n) is 5.77. The van der Waals surface area contributed by atoms with Gasteiger partial charge in [-0.25, -0.2) is 0 Å². The maximum atomic E-state index is 5.67. The Labute approximate surface area is 105 Å². The molecule has 1 aromatic heterocycles. The van der Waals surface area contributed by atoms with Crippen LogP contribution in [-0.4, -0.2) is 37.4 Å². The Morgan fingerprint density at radius 2 is 2.22 bits per heavy atom. The van der Waals surface area contributed by atoms with Gasteiger partial charge in [0.1, 0.15) is 6.61 Å². The fourth-order valence-electron chi connectivity index (χ4n) is 1.85. The molecule has 2 heterocycles. The van der Waals surface area contributed by atoms with Crippen molar-refractivity contribution >= 4 is 11.6 Å². The van der Waals surface area contributed by atoms with E-state index in [2.05, 4.69) is 15.5 Å².